The molecule has 1 aliphatic rings. The van der Waals surface area contributed by atoms with Crippen LogP contribution in [0.25, 0.3) is 11.1 Å². The van der Waals surface area contributed by atoms with E-state index in [-0.39, 0.29) is 5.56 Å². The molecule has 178 valence electrons. The summed E-state index contributed by atoms with van der Waals surface area (Å²) >= 11 is 0. The van der Waals surface area contributed by atoms with Crippen molar-refractivity contribution >= 4 is 17.4 Å². The van der Waals surface area contributed by atoms with Gasteiger partial charge in [0.2, 0.25) is 5.88 Å². The molecule has 8 nitrogen and oxygen atoms in total. The molecular formula is C24H25F2N5O3. The molecule has 0 atom stereocenters. The Bertz CT molecular complexity index is 1170. The molecule has 10 heteroatoms. The molecule has 0 saturated carbocycles. The summed E-state index contributed by atoms with van der Waals surface area (Å²) < 4.78 is 37.0. The second-order valence-corrected chi connectivity index (χ2v) is 7.67. The van der Waals surface area contributed by atoms with Gasteiger partial charge in [0.25, 0.3) is 12.3 Å². The van der Waals surface area contributed by atoms with E-state index in [0.717, 1.165) is 41.8 Å². The van der Waals surface area contributed by atoms with Gasteiger partial charge in [-0.25, -0.2) is 8.78 Å². The Morgan fingerprint density at radius 3 is 2.74 bits per heavy atom. The van der Waals surface area contributed by atoms with Crippen molar-refractivity contribution < 1.29 is 23.0 Å². The molecule has 0 spiro atoms. The Morgan fingerprint density at radius 1 is 1.21 bits per heavy atom. The van der Waals surface area contributed by atoms with E-state index in [1.807, 2.05) is 26.0 Å². The second-order valence-electron chi connectivity index (χ2n) is 7.67. The third kappa shape index (κ3) is 5.45. The molecule has 1 aliphatic heterocycles. The lowest BCUT2D eigenvalue weighted by molar-refractivity contribution is 0.102. The number of halogens is 2. The molecular weight excluding hydrogens is 444 g/mol. The Kier molecular flexibility index (Phi) is 7.27. The van der Waals surface area contributed by atoms with Crippen molar-refractivity contribution in [1.29, 1.82) is 0 Å². The number of nitrogens with one attached hydrogen (secondary N) is 1. The van der Waals surface area contributed by atoms with Crippen LogP contribution in [-0.4, -0.2) is 53.8 Å². The van der Waals surface area contributed by atoms with Crippen LogP contribution in [0.4, 0.5) is 20.3 Å². The Hall–Kier alpha value is -3.66. The quantitative estimate of drug-likeness (QED) is 0.553. The molecule has 1 fully saturated rings. The van der Waals surface area contributed by atoms with Gasteiger partial charge in [-0.15, -0.1) is 0 Å². The topological polar surface area (TPSA) is 89.5 Å². The van der Waals surface area contributed by atoms with Crippen molar-refractivity contribution in [2.45, 2.75) is 20.3 Å². The normalized spacial score (nSPS) is 13.7. The van der Waals surface area contributed by atoms with Crippen LogP contribution in [0.15, 0.2) is 42.7 Å². The van der Waals surface area contributed by atoms with E-state index in [0.29, 0.717) is 31.4 Å². The third-order valence-corrected chi connectivity index (χ3v) is 5.34. The van der Waals surface area contributed by atoms with Gasteiger partial charge in [-0.3, -0.25) is 14.8 Å². The molecule has 3 aromatic rings. The lowest BCUT2D eigenvalue weighted by Crippen LogP contribution is -2.36. The minimum Gasteiger partial charge on any atom is -0.478 e. The van der Waals surface area contributed by atoms with Gasteiger partial charge in [-0.2, -0.15) is 4.98 Å². The van der Waals surface area contributed by atoms with Crippen LogP contribution >= 0.6 is 0 Å². The van der Waals surface area contributed by atoms with Crippen LogP contribution in [0, 0.1) is 6.92 Å². The summed E-state index contributed by atoms with van der Waals surface area (Å²) in [7, 11) is 0. The summed E-state index contributed by atoms with van der Waals surface area (Å²) in [6, 6.07) is 8.05. The van der Waals surface area contributed by atoms with E-state index in [1.54, 1.807) is 6.07 Å². The van der Waals surface area contributed by atoms with Crippen molar-refractivity contribution in [3.8, 4) is 17.0 Å². The summed E-state index contributed by atoms with van der Waals surface area (Å²) in [5, 5.41) is 2.73. The van der Waals surface area contributed by atoms with Gasteiger partial charge >= 0.3 is 0 Å². The summed E-state index contributed by atoms with van der Waals surface area (Å²) in [4.78, 5) is 27.4. The summed E-state index contributed by atoms with van der Waals surface area (Å²) in [6.07, 6.45) is -0.0408. The predicted octanol–water partition coefficient (Wildman–Crippen LogP) is 4.27. The van der Waals surface area contributed by atoms with Crippen molar-refractivity contribution in [2.24, 2.45) is 0 Å². The molecule has 1 N–H and O–H groups in total. The SMILES string of the molecule is CCOc1cc(-c2cc(NC(=O)c3ccnc(C(F)F)c3)cnc2C)cc(N2CCOCC2)n1. The summed E-state index contributed by atoms with van der Waals surface area (Å²) in [6.45, 7) is 6.93. The number of ether oxygens (including phenoxy) is 2. The monoisotopic (exact) mass is 469 g/mol. The van der Waals surface area contributed by atoms with Crippen molar-refractivity contribution in [3.05, 3.63) is 59.7 Å². The molecule has 0 bridgehead atoms. The summed E-state index contributed by atoms with van der Waals surface area (Å²) in [5.41, 5.74) is 2.45. The number of hydrogen-bond acceptors (Lipinski definition) is 7. The second kappa shape index (κ2) is 10.5. The molecule has 1 amide bonds. The third-order valence-electron chi connectivity index (χ3n) is 5.34. The van der Waals surface area contributed by atoms with Crippen LogP contribution < -0.4 is 15.0 Å². The molecule has 0 radical (unpaired) electrons. The van der Waals surface area contributed by atoms with Gasteiger partial charge in [0.15, 0.2) is 0 Å². The first-order chi connectivity index (χ1) is 16.4. The highest BCUT2D eigenvalue weighted by Gasteiger charge is 2.18. The molecule has 0 unspecified atom stereocenters. The first kappa shape index (κ1) is 23.5. The Morgan fingerprint density at radius 2 is 2.00 bits per heavy atom. The largest absolute Gasteiger partial charge is 0.478 e. The number of morpholine rings is 1. The van der Waals surface area contributed by atoms with Crippen molar-refractivity contribution in [2.75, 3.05) is 43.1 Å². The summed E-state index contributed by atoms with van der Waals surface area (Å²) in [5.74, 6) is 0.737. The number of carbonyl (C=O) groups is 1. The van der Waals surface area contributed by atoms with E-state index < -0.39 is 18.0 Å². The number of amides is 1. The van der Waals surface area contributed by atoms with Gasteiger partial charge in [0, 0.05) is 42.2 Å². The maximum atomic E-state index is 12.9. The van der Waals surface area contributed by atoms with E-state index >= 15 is 0 Å². The minimum atomic E-state index is -2.76. The predicted molar refractivity (Wildman–Crippen MR) is 124 cm³/mol. The van der Waals surface area contributed by atoms with Crippen LogP contribution in [0.1, 0.15) is 35.1 Å². The lowest BCUT2D eigenvalue weighted by Gasteiger charge is -2.28. The molecule has 0 aromatic carbocycles. The standard InChI is InChI=1S/C24H25F2N5O3/c1-3-34-22-12-17(11-21(30-22)31-6-8-33-9-7-31)19-13-18(14-28-15(19)2)29-24(32)16-4-5-27-20(10-16)23(25)26/h4-5,10-14,23H,3,6-9H2,1-2H3,(H,29,32). The molecule has 0 aliphatic carbocycles. The smallest absolute Gasteiger partial charge is 0.280 e. The Balaban J connectivity index is 1.64. The highest BCUT2D eigenvalue weighted by atomic mass is 19.3. The maximum absolute atomic E-state index is 12.9. The van der Waals surface area contributed by atoms with Gasteiger partial charge in [-0.05, 0) is 43.7 Å². The lowest BCUT2D eigenvalue weighted by atomic mass is 10.0. The molecule has 4 heterocycles. The number of nitrogens with zero attached hydrogens (tertiary/aromatic N) is 4. The fourth-order valence-electron chi connectivity index (χ4n) is 3.63. The van der Waals surface area contributed by atoms with Crippen LogP contribution in [0.3, 0.4) is 0 Å². The average Bonchev–Trinajstić information content (AvgIpc) is 2.86. The number of carbonyl (C=O) groups excluding carboxylic acids is 1. The fourth-order valence-corrected chi connectivity index (χ4v) is 3.63. The number of anilines is 2. The molecule has 1 saturated heterocycles. The zero-order valence-corrected chi connectivity index (χ0v) is 18.9. The molecule has 34 heavy (non-hydrogen) atoms. The molecule has 4 rings (SSSR count). The van der Waals surface area contributed by atoms with Crippen LogP contribution in [0.2, 0.25) is 0 Å². The highest BCUT2D eigenvalue weighted by Crippen LogP contribution is 2.31. The number of rotatable bonds is 7. The van der Waals surface area contributed by atoms with Crippen molar-refractivity contribution in [1.82, 2.24) is 15.0 Å². The number of aromatic nitrogens is 3. The van der Waals surface area contributed by atoms with E-state index in [1.165, 1.54) is 18.5 Å². The van der Waals surface area contributed by atoms with E-state index in [4.69, 9.17) is 9.47 Å². The molecule has 3 aromatic heterocycles. The first-order valence-corrected chi connectivity index (χ1v) is 10.9. The van der Waals surface area contributed by atoms with E-state index in [9.17, 15) is 13.6 Å². The van der Waals surface area contributed by atoms with Gasteiger partial charge in [0.1, 0.15) is 11.5 Å². The number of aryl methyl sites for hydroxylation is 1. The maximum Gasteiger partial charge on any atom is 0.280 e. The zero-order valence-electron chi connectivity index (χ0n) is 18.9. The number of pyridine rings is 3. The van der Waals surface area contributed by atoms with Gasteiger partial charge in [0.05, 0.1) is 31.7 Å². The zero-order chi connectivity index (χ0) is 24.1. The number of hydrogen-bond donors (Lipinski definition) is 1. The number of alkyl halides is 2. The fraction of sp³-hybridized carbons (Fsp3) is 0.333. The van der Waals surface area contributed by atoms with Crippen molar-refractivity contribution in [3.63, 3.8) is 0 Å². The first-order valence-electron chi connectivity index (χ1n) is 10.9. The minimum absolute atomic E-state index is 0.0876. The van der Waals surface area contributed by atoms with E-state index in [2.05, 4.69) is 25.2 Å². The van der Waals surface area contributed by atoms with Crippen LogP contribution in [0.5, 0.6) is 5.88 Å². The van der Waals surface area contributed by atoms with Crippen LogP contribution in [-0.2, 0) is 4.74 Å². The van der Waals surface area contributed by atoms with Gasteiger partial charge in [-0.1, -0.05) is 0 Å². The highest BCUT2D eigenvalue weighted by molar-refractivity contribution is 6.04. The average molecular weight is 469 g/mol. The Labute approximate surface area is 196 Å². The van der Waals surface area contributed by atoms with Gasteiger partial charge < -0.3 is 19.7 Å².